The molecule has 0 amide bonds. The third-order valence-electron chi connectivity index (χ3n) is 2.89. The van der Waals surface area contributed by atoms with Gasteiger partial charge in [0, 0.05) is 0 Å². The van der Waals surface area contributed by atoms with Crippen LogP contribution < -0.4 is 0 Å². The standard InChI is InChI=1S/C15H9BrFNO4S/c16-13-6-9(7-14(19)15(13)20)5-12(8-18)23(21,22)11-3-1-10(17)2-4-11/h1-7,19-20H/b12-5+. The summed E-state index contributed by atoms with van der Waals surface area (Å²) in [6.07, 6.45) is 1.04. The molecule has 0 unspecified atom stereocenters. The summed E-state index contributed by atoms with van der Waals surface area (Å²) in [6.45, 7) is 0. The fourth-order valence-corrected chi connectivity index (χ4v) is 3.38. The van der Waals surface area contributed by atoms with Crippen molar-refractivity contribution in [1.82, 2.24) is 0 Å². The molecule has 2 aromatic carbocycles. The van der Waals surface area contributed by atoms with Crippen LogP contribution in [0.4, 0.5) is 4.39 Å². The fraction of sp³-hybridized carbons (Fsp3) is 0. The van der Waals surface area contributed by atoms with Crippen molar-refractivity contribution >= 4 is 31.8 Å². The van der Waals surface area contributed by atoms with Gasteiger partial charge in [0.15, 0.2) is 11.5 Å². The molecule has 0 saturated carbocycles. The summed E-state index contributed by atoms with van der Waals surface area (Å²) < 4.78 is 37.8. The van der Waals surface area contributed by atoms with E-state index < -0.39 is 32.1 Å². The topological polar surface area (TPSA) is 98.4 Å². The highest BCUT2D eigenvalue weighted by Crippen LogP contribution is 2.35. The van der Waals surface area contributed by atoms with E-state index in [1.807, 2.05) is 0 Å². The van der Waals surface area contributed by atoms with Crippen molar-refractivity contribution in [1.29, 1.82) is 5.26 Å². The van der Waals surface area contributed by atoms with E-state index in [4.69, 9.17) is 5.26 Å². The maximum absolute atomic E-state index is 12.9. The van der Waals surface area contributed by atoms with E-state index in [1.165, 1.54) is 6.07 Å². The molecular formula is C15H9BrFNO4S. The monoisotopic (exact) mass is 397 g/mol. The molecule has 8 heteroatoms. The molecule has 0 aliphatic carbocycles. The highest BCUT2D eigenvalue weighted by atomic mass is 79.9. The van der Waals surface area contributed by atoms with Crippen LogP contribution in [-0.2, 0) is 9.84 Å². The number of nitriles is 1. The average Bonchev–Trinajstić information content (AvgIpc) is 2.50. The molecule has 5 nitrogen and oxygen atoms in total. The Labute approximate surface area is 140 Å². The minimum Gasteiger partial charge on any atom is -0.504 e. The number of phenols is 2. The zero-order valence-corrected chi connectivity index (χ0v) is 13.8. The Morgan fingerprint density at radius 1 is 1.22 bits per heavy atom. The molecule has 2 aromatic rings. The van der Waals surface area contributed by atoms with E-state index in [9.17, 15) is 23.0 Å². The molecule has 0 atom stereocenters. The van der Waals surface area contributed by atoms with Gasteiger partial charge in [-0.1, -0.05) is 0 Å². The van der Waals surface area contributed by atoms with Crippen LogP contribution in [-0.4, -0.2) is 18.6 Å². The third-order valence-corrected chi connectivity index (χ3v) is 5.17. The maximum atomic E-state index is 12.9. The Morgan fingerprint density at radius 3 is 2.35 bits per heavy atom. The number of hydrogen-bond acceptors (Lipinski definition) is 5. The van der Waals surface area contributed by atoms with Gasteiger partial charge in [-0.25, -0.2) is 12.8 Å². The smallest absolute Gasteiger partial charge is 0.216 e. The van der Waals surface area contributed by atoms with E-state index in [0.717, 1.165) is 36.4 Å². The lowest BCUT2D eigenvalue weighted by molar-refractivity contribution is 0.401. The van der Waals surface area contributed by atoms with Gasteiger partial charge in [-0.3, -0.25) is 0 Å². The Balaban J connectivity index is 2.55. The van der Waals surface area contributed by atoms with Gasteiger partial charge >= 0.3 is 0 Å². The van der Waals surface area contributed by atoms with Crippen LogP contribution in [0.3, 0.4) is 0 Å². The van der Waals surface area contributed by atoms with Gasteiger partial charge < -0.3 is 10.2 Å². The second-order valence-electron chi connectivity index (χ2n) is 4.45. The van der Waals surface area contributed by atoms with Crippen LogP contribution in [0.1, 0.15) is 5.56 Å². The second-order valence-corrected chi connectivity index (χ2v) is 7.22. The van der Waals surface area contributed by atoms with Gasteiger partial charge in [0.1, 0.15) is 16.8 Å². The minimum atomic E-state index is -4.13. The molecule has 0 aromatic heterocycles. The fourth-order valence-electron chi connectivity index (χ4n) is 1.75. The Hall–Kier alpha value is -2.37. The lowest BCUT2D eigenvalue weighted by Crippen LogP contribution is -2.03. The SMILES string of the molecule is N#C/C(=C\c1cc(O)c(O)c(Br)c1)S(=O)(=O)c1ccc(F)cc1. The highest BCUT2D eigenvalue weighted by molar-refractivity contribution is 9.10. The summed E-state index contributed by atoms with van der Waals surface area (Å²) in [7, 11) is -4.13. The lowest BCUT2D eigenvalue weighted by atomic mass is 10.2. The normalized spacial score (nSPS) is 12.0. The number of phenolic OH excluding ortho intramolecular Hbond substituents is 2. The Morgan fingerprint density at radius 2 is 1.83 bits per heavy atom. The highest BCUT2D eigenvalue weighted by Gasteiger charge is 2.21. The Bertz CT molecular complexity index is 908. The number of halogens is 2. The quantitative estimate of drug-likeness (QED) is 0.470. The van der Waals surface area contributed by atoms with E-state index >= 15 is 0 Å². The molecule has 0 spiro atoms. The van der Waals surface area contributed by atoms with Gasteiger partial charge in [0.2, 0.25) is 9.84 Å². The first-order valence-electron chi connectivity index (χ1n) is 6.09. The van der Waals surface area contributed by atoms with Crippen LogP contribution in [0.5, 0.6) is 11.5 Å². The lowest BCUT2D eigenvalue weighted by Gasteiger charge is -2.05. The number of sulfone groups is 1. The van der Waals surface area contributed by atoms with Crippen LogP contribution >= 0.6 is 15.9 Å². The predicted molar refractivity (Wildman–Crippen MR) is 84.6 cm³/mol. The van der Waals surface area contributed by atoms with Crippen molar-refractivity contribution < 1.29 is 23.0 Å². The predicted octanol–water partition coefficient (Wildman–Crippen LogP) is 3.34. The van der Waals surface area contributed by atoms with E-state index in [2.05, 4.69) is 15.9 Å². The van der Waals surface area contributed by atoms with Crippen molar-refractivity contribution in [2.24, 2.45) is 0 Å². The molecule has 0 saturated heterocycles. The zero-order chi connectivity index (χ0) is 17.2. The number of allylic oxidation sites excluding steroid dienone is 1. The second kappa shape index (κ2) is 6.40. The van der Waals surface area contributed by atoms with Crippen LogP contribution in [0.2, 0.25) is 0 Å². The van der Waals surface area contributed by atoms with Gasteiger partial charge in [0.05, 0.1) is 9.37 Å². The number of nitrogens with zero attached hydrogens (tertiary/aromatic N) is 1. The van der Waals surface area contributed by atoms with Gasteiger partial charge in [-0.05, 0) is 64.0 Å². The summed E-state index contributed by atoms with van der Waals surface area (Å²) in [5.74, 6) is -1.47. The molecule has 2 N–H and O–H groups in total. The number of aromatic hydroxyl groups is 2. The van der Waals surface area contributed by atoms with Crippen molar-refractivity contribution in [2.45, 2.75) is 4.90 Å². The van der Waals surface area contributed by atoms with Crippen LogP contribution in [0, 0.1) is 17.1 Å². The van der Waals surface area contributed by atoms with Crippen molar-refractivity contribution in [3.63, 3.8) is 0 Å². The Kier molecular flexibility index (Phi) is 4.73. The number of benzene rings is 2. The minimum absolute atomic E-state index is 0.139. The van der Waals surface area contributed by atoms with E-state index in [-0.39, 0.29) is 14.9 Å². The molecule has 0 aliphatic rings. The first-order chi connectivity index (χ1) is 10.8. The molecule has 0 heterocycles. The first kappa shape index (κ1) is 17.0. The van der Waals surface area contributed by atoms with Crippen LogP contribution in [0.15, 0.2) is 50.7 Å². The molecule has 0 bridgehead atoms. The zero-order valence-electron chi connectivity index (χ0n) is 11.4. The van der Waals surface area contributed by atoms with E-state index in [0.29, 0.717) is 0 Å². The van der Waals surface area contributed by atoms with Gasteiger partial charge in [-0.15, -0.1) is 0 Å². The third kappa shape index (κ3) is 3.52. The van der Waals surface area contributed by atoms with Crippen molar-refractivity contribution in [3.8, 4) is 17.6 Å². The molecular weight excluding hydrogens is 389 g/mol. The molecule has 0 aliphatic heterocycles. The van der Waals surface area contributed by atoms with Crippen molar-refractivity contribution in [3.05, 3.63) is 57.2 Å². The number of hydrogen-bond donors (Lipinski definition) is 2. The summed E-state index contributed by atoms with van der Waals surface area (Å²) in [5, 5.41) is 28.1. The molecule has 0 radical (unpaired) electrons. The van der Waals surface area contributed by atoms with Crippen LogP contribution in [0.25, 0.3) is 6.08 Å². The summed E-state index contributed by atoms with van der Waals surface area (Å²) in [6, 6.07) is 8.09. The van der Waals surface area contributed by atoms with Crippen molar-refractivity contribution in [2.75, 3.05) is 0 Å². The number of rotatable bonds is 3. The van der Waals surface area contributed by atoms with Gasteiger partial charge in [-0.2, -0.15) is 5.26 Å². The summed E-state index contributed by atoms with van der Waals surface area (Å²) in [4.78, 5) is -0.810. The molecule has 118 valence electrons. The summed E-state index contributed by atoms with van der Waals surface area (Å²) >= 11 is 3.00. The molecule has 0 fully saturated rings. The van der Waals surface area contributed by atoms with Gasteiger partial charge in [0.25, 0.3) is 0 Å². The molecule has 2 rings (SSSR count). The summed E-state index contributed by atoms with van der Waals surface area (Å²) in [5.41, 5.74) is 0.189. The van der Waals surface area contributed by atoms with E-state index in [1.54, 1.807) is 6.07 Å². The largest absolute Gasteiger partial charge is 0.504 e. The molecule has 23 heavy (non-hydrogen) atoms. The maximum Gasteiger partial charge on any atom is 0.216 e. The first-order valence-corrected chi connectivity index (χ1v) is 8.37. The average molecular weight is 398 g/mol.